The van der Waals surface area contributed by atoms with E-state index in [2.05, 4.69) is 4.98 Å². The molecule has 17 heteroatoms. The van der Waals surface area contributed by atoms with Crippen LogP contribution in [0.3, 0.4) is 0 Å². The second kappa shape index (κ2) is 14.1. The van der Waals surface area contributed by atoms with E-state index < -0.39 is 73.0 Å². The molecule has 8 unspecified atom stereocenters. The molecule has 4 heterocycles. The number of anilines is 1. The van der Waals surface area contributed by atoms with Crippen molar-refractivity contribution in [2.24, 2.45) is 11.5 Å². The number of nitrogens with zero attached hydrogens (tertiary/aromatic N) is 1. The second-order valence-electron chi connectivity index (χ2n) is 13.6. The molecule has 0 bridgehead atoms. The first-order chi connectivity index (χ1) is 25.3. The highest BCUT2D eigenvalue weighted by Gasteiger charge is 2.58. The number of nitrogens with two attached hydrogens (primary N) is 3. The number of carboxylic acid groups (broad SMARTS) is 1. The van der Waals surface area contributed by atoms with Crippen molar-refractivity contribution in [1.82, 2.24) is 4.98 Å². The van der Waals surface area contributed by atoms with Gasteiger partial charge in [0.25, 0.3) is 0 Å². The van der Waals surface area contributed by atoms with E-state index in [9.17, 15) is 24.9 Å². The lowest BCUT2D eigenvalue weighted by atomic mass is 9.73. The van der Waals surface area contributed by atoms with Gasteiger partial charge in [-0.25, -0.2) is 4.98 Å². The summed E-state index contributed by atoms with van der Waals surface area (Å²) in [6.07, 6.45) is -8.61. The molecule has 1 saturated carbocycles. The minimum absolute atomic E-state index is 0.125. The molecule has 1 spiro atoms. The molecule has 3 aliphatic heterocycles. The summed E-state index contributed by atoms with van der Waals surface area (Å²) in [6, 6.07) is 10.6. The third-order valence-electron chi connectivity index (χ3n) is 10.4. The number of aliphatic hydroxyl groups is 3. The van der Waals surface area contributed by atoms with Gasteiger partial charge in [-0.05, 0) is 55.5 Å². The third kappa shape index (κ3) is 6.42. The molecule has 2 fully saturated rings. The van der Waals surface area contributed by atoms with E-state index in [-0.39, 0.29) is 11.7 Å². The summed E-state index contributed by atoms with van der Waals surface area (Å²) in [5, 5.41) is 41.8. The Bertz CT molecular complexity index is 1870. The molecule has 1 aromatic heterocycles. The van der Waals surface area contributed by atoms with Gasteiger partial charge in [-0.3, -0.25) is 9.59 Å². The molecule has 8 atom stereocenters. The molecule has 0 amide bonds. The summed E-state index contributed by atoms with van der Waals surface area (Å²) in [7, 11) is 3.11. The van der Waals surface area contributed by atoms with Crippen molar-refractivity contribution in [2.75, 3.05) is 20.0 Å². The number of benzene rings is 2. The van der Waals surface area contributed by atoms with Crippen LogP contribution in [0, 0.1) is 0 Å². The molecule has 17 nitrogen and oxygen atoms in total. The topological polar surface area (TPSA) is 271 Å². The van der Waals surface area contributed by atoms with Crippen LogP contribution in [0.4, 0.5) is 5.82 Å². The summed E-state index contributed by atoms with van der Waals surface area (Å²) in [5.41, 5.74) is 19.8. The number of fused-ring (bicyclic) bond motifs is 6. The van der Waals surface area contributed by atoms with E-state index in [4.69, 9.17) is 55.5 Å². The Morgan fingerprint density at radius 1 is 1.02 bits per heavy atom. The molecule has 0 radical (unpaired) electrons. The molecular weight excluding hydrogens is 696 g/mol. The molecule has 3 aromatic rings. The van der Waals surface area contributed by atoms with Crippen LogP contribution in [0.5, 0.6) is 28.7 Å². The number of pyridine rings is 1. The normalized spacial score (nSPS) is 27.1. The summed E-state index contributed by atoms with van der Waals surface area (Å²) in [4.78, 5) is 27.6. The SMILES string of the molecule is COc1ccc2c(c1OC)OC1c3c(cc(OC4OC(C(OC(=O)CC(=O)O)C(N)N)C(O)C(O)C4O)cc3-c3ccc(N)nc3)OC3(CCCC3)C21. The van der Waals surface area contributed by atoms with Crippen LogP contribution in [0.25, 0.3) is 11.1 Å². The molecule has 53 heavy (non-hydrogen) atoms. The predicted molar refractivity (Wildman–Crippen MR) is 183 cm³/mol. The number of carboxylic acids is 1. The summed E-state index contributed by atoms with van der Waals surface area (Å²) >= 11 is 0. The number of aliphatic carboxylic acids is 1. The molecule has 10 N–H and O–H groups in total. The second-order valence-corrected chi connectivity index (χ2v) is 13.6. The van der Waals surface area contributed by atoms with Crippen LogP contribution < -0.4 is 40.9 Å². The Balaban J connectivity index is 1.30. The monoisotopic (exact) mass is 738 g/mol. The number of aromatic nitrogens is 1. The molecule has 284 valence electrons. The number of nitrogen functional groups attached to an aromatic ring is 1. The largest absolute Gasteiger partial charge is 0.493 e. The van der Waals surface area contributed by atoms with E-state index in [1.807, 2.05) is 12.1 Å². The van der Waals surface area contributed by atoms with E-state index in [0.717, 1.165) is 31.2 Å². The van der Waals surface area contributed by atoms with Gasteiger partial charge in [-0.15, -0.1) is 0 Å². The lowest BCUT2D eigenvalue weighted by Crippen LogP contribution is -2.66. The van der Waals surface area contributed by atoms with E-state index in [1.165, 1.54) is 0 Å². The van der Waals surface area contributed by atoms with Crippen LogP contribution in [-0.2, 0) is 19.1 Å². The zero-order chi connectivity index (χ0) is 37.8. The molecule has 4 aliphatic rings. The van der Waals surface area contributed by atoms with Crippen LogP contribution in [-0.4, -0.2) is 100 Å². The zero-order valence-corrected chi connectivity index (χ0v) is 28.9. The van der Waals surface area contributed by atoms with Crippen molar-refractivity contribution < 1.29 is 63.2 Å². The summed E-state index contributed by atoms with van der Waals surface area (Å²) in [6.45, 7) is 0. The fraction of sp³-hybridized carbons (Fsp3) is 0.472. The van der Waals surface area contributed by atoms with Gasteiger partial charge in [0.2, 0.25) is 12.0 Å². The number of methoxy groups -OCH3 is 2. The van der Waals surface area contributed by atoms with Gasteiger partial charge in [-0.1, -0.05) is 6.07 Å². The van der Waals surface area contributed by atoms with Crippen LogP contribution in [0.15, 0.2) is 42.6 Å². The molecule has 1 aliphatic carbocycles. The molecule has 2 aromatic carbocycles. The van der Waals surface area contributed by atoms with Crippen molar-refractivity contribution in [3.05, 3.63) is 53.7 Å². The van der Waals surface area contributed by atoms with E-state index in [0.29, 0.717) is 45.5 Å². The summed E-state index contributed by atoms with van der Waals surface area (Å²) in [5.74, 6) is -0.511. The molecular formula is C36H42N4O13. The van der Waals surface area contributed by atoms with Gasteiger partial charge in [0.15, 0.2) is 17.6 Å². The van der Waals surface area contributed by atoms with E-state index >= 15 is 0 Å². The fourth-order valence-electron chi connectivity index (χ4n) is 8.00. The van der Waals surface area contributed by atoms with Crippen molar-refractivity contribution in [3.63, 3.8) is 0 Å². The third-order valence-corrected chi connectivity index (χ3v) is 10.4. The highest BCUT2D eigenvalue weighted by atomic mass is 16.7. The number of hydrogen-bond acceptors (Lipinski definition) is 16. The lowest BCUT2D eigenvalue weighted by Gasteiger charge is -2.45. The molecule has 1 saturated heterocycles. The Morgan fingerprint density at radius 3 is 2.42 bits per heavy atom. The number of aliphatic hydroxyl groups excluding tert-OH is 3. The van der Waals surface area contributed by atoms with Gasteiger partial charge in [0.1, 0.15) is 59.9 Å². The van der Waals surface area contributed by atoms with Gasteiger partial charge < -0.3 is 70.8 Å². The number of carbonyl (C=O) groups excluding carboxylic acids is 1. The average Bonchev–Trinajstić information content (AvgIpc) is 3.75. The Hall–Kier alpha value is -4.91. The van der Waals surface area contributed by atoms with Crippen molar-refractivity contribution in [1.29, 1.82) is 0 Å². The molecule has 7 rings (SSSR count). The predicted octanol–water partition coefficient (Wildman–Crippen LogP) is 1.09. The van der Waals surface area contributed by atoms with Gasteiger partial charge in [-0.2, -0.15) is 0 Å². The number of ether oxygens (including phenoxy) is 7. The quantitative estimate of drug-likeness (QED) is 0.0871. The maximum absolute atomic E-state index is 12.2. The van der Waals surface area contributed by atoms with Gasteiger partial charge >= 0.3 is 11.9 Å². The van der Waals surface area contributed by atoms with Crippen molar-refractivity contribution in [3.8, 4) is 39.9 Å². The first-order valence-corrected chi connectivity index (χ1v) is 17.1. The number of esters is 1. The smallest absolute Gasteiger partial charge is 0.317 e. The van der Waals surface area contributed by atoms with Crippen LogP contribution in [0.1, 0.15) is 55.3 Å². The number of hydrogen-bond donors (Lipinski definition) is 7. The van der Waals surface area contributed by atoms with Crippen molar-refractivity contribution >= 4 is 17.8 Å². The van der Waals surface area contributed by atoms with E-state index in [1.54, 1.807) is 44.7 Å². The first kappa shape index (κ1) is 36.4. The highest BCUT2D eigenvalue weighted by molar-refractivity contribution is 5.90. The maximum atomic E-state index is 12.2. The van der Waals surface area contributed by atoms with Gasteiger partial charge in [0, 0.05) is 29.0 Å². The Morgan fingerprint density at radius 2 is 1.77 bits per heavy atom. The highest BCUT2D eigenvalue weighted by Crippen LogP contribution is 2.65. The lowest BCUT2D eigenvalue weighted by molar-refractivity contribution is -0.291. The number of rotatable bonds is 10. The number of carbonyl (C=O) groups is 2. The Labute approximate surface area is 303 Å². The minimum Gasteiger partial charge on any atom is -0.493 e. The first-order valence-electron chi connectivity index (χ1n) is 17.1. The average molecular weight is 739 g/mol. The van der Waals surface area contributed by atoms with Crippen LogP contribution >= 0.6 is 0 Å². The zero-order valence-electron chi connectivity index (χ0n) is 28.9. The summed E-state index contributed by atoms with van der Waals surface area (Å²) < 4.78 is 42.5. The van der Waals surface area contributed by atoms with Crippen LogP contribution in [0.2, 0.25) is 0 Å². The maximum Gasteiger partial charge on any atom is 0.317 e. The Kier molecular flexibility index (Phi) is 9.73. The van der Waals surface area contributed by atoms with Crippen molar-refractivity contribution in [2.45, 2.75) is 92.7 Å². The minimum atomic E-state index is -1.88. The van der Waals surface area contributed by atoms with Gasteiger partial charge in [0.05, 0.1) is 26.3 Å². The standard InChI is InChI=1S/C36H42N4O13/c1-47-19-7-6-17-25-31(51-29(17)30(19)48-2)24-18(15-5-8-21(37)40-14-15)11-16(12-20(24)53-36(25)9-3-4-10-36)49-35-28(46)26(44)27(45)32(52-35)33(34(38)39)50-23(43)13-22(41)42/h5-8,11-12,14,25-28,31-35,44-46H,3-4,9-10,13,38-39H2,1-2H3,(H2,37,40)(H,41,42). The fourth-order valence-corrected chi connectivity index (χ4v) is 8.00.